The van der Waals surface area contributed by atoms with E-state index >= 15 is 0 Å². The van der Waals surface area contributed by atoms with Crippen molar-refractivity contribution in [1.29, 1.82) is 0 Å². The number of ether oxygens (including phenoxy) is 2. The Bertz CT molecular complexity index is 302. The summed E-state index contributed by atoms with van der Waals surface area (Å²) in [6.45, 7) is 13.5. The van der Waals surface area contributed by atoms with Gasteiger partial charge in [0, 0.05) is 25.2 Å². The van der Waals surface area contributed by atoms with Crippen molar-refractivity contribution >= 4 is 0 Å². The van der Waals surface area contributed by atoms with Gasteiger partial charge in [0.1, 0.15) is 0 Å². The molecule has 4 heteroatoms. The molecule has 2 heterocycles. The van der Waals surface area contributed by atoms with Gasteiger partial charge in [-0.15, -0.1) is 0 Å². The van der Waals surface area contributed by atoms with Crippen LogP contribution in [0.3, 0.4) is 0 Å². The van der Waals surface area contributed by atoms with E-state index in [1.165, 1.54) is 0 Å². The molecule has 2 aliphatic rings. The maximum absolute atomic E-state index is 6.18. The van der Waals surface area contributed by atoms with Crippen molar-refractivity contribution in [2.24, 2.45) is 5.73 Å². The highest BCUT2D eigenvalue weighted by Gasteiger charge is 2.49. The van der Waals surface area contributed by atoms with E-state index in [4.69, 9.17) is 15.2 Å². The van der Waals surface area contributed by atoms with Crippen LogP contribution in [0.15, 0.2) is 0 Å². The molecule has 0 aliphatic carbocycles. The number of morpholine rings is 1. The van der Waals surface area contributed by atoms with Crippen LogP contribution in [0.4, 0.5) is 0 Å². The van der Waals surface area contributed by atoms with Gasteiger partial charge < -0.3 is 15.2 Å². The Balaban J connectivity index is 2.07. The van der Waals surface area contributed by atoms with Crippen LogP contribution in [0.1, 0.15) is 41.0 Å². The van der Waals surface area contributed by atoms with Gasteiger partial charge in [-0.1, -0.05) is 0 Å². The third-order valence-electron chi connectivity index (χ3n) is 4.18. The molecule has 2 N–H and O–H groups in total. The van der Waals surface area contributed by atoms with Crippen LogP contribution in [0.5, 0.6) is 0 Å². The third-order valence-corrected chi connectivity index (χ3v) is 4.18. The molecule has 106 valence electrons. The molecule has 0 bridgehead atoms. The smallest absolute Gasteiger partial charge is 0.0850 e. The van der Waals surface area contributed by atoms with Gasteiger partial charge >= 0.3 is 0 Å². The first-order chi connectivity index (χ1) is 8.21. The lowest BCUT2D eigenvalue weighted by Crippen LogP contribution is -2.56. The van der Waals surface area contributed by atoms with Crippen molar-refractivity contribution in [3.05, 3.63) is 0 Å². The number of nitrogens with zero attached hydrogens (tertiary/aromatic N) is 1. The standard InChI is InChI=1S/C14H28N2O2/c1-10(15)11-9-16(6-7-17-11)12-8-13(2,3)18-14(12,4)5/h10-12H,6-9,15H2,1-5H3. The van der Waals surface area contributed by atoms with E-state index in [1.54, 1.807) is 0 Å². The molecule has 2 fully saturated rings. The second-order valence-corrected chi connectivity index (χ2v) is 6.95. The lowest BCUT2D eigenvalue weighted by atomic mass is 9.92. The lowest BCUT2D eigenvalue weighted by molar-refractivity contribution is -0.101. The van der Waals surface area contributed by atoms with Crippen LogP contribution >= 0.6 is 0 Å². The summed E-state index contributed by atoms with van der Waals surface area (Å²) in [5, 5.41) is 0. The molecule has 0 aromatic rings. The van der Waals surface area contributed by atoms with E-state index in [-0.39, 0.29) is 23.3 Å². The molecular formula is C14H28N2O2. The van der Waals surface area contributed by atoms with Gasteiger partial charge in [-0.2, -0.15) is 0 Å². The van der Waals surface area contributed by atoms with Crippen LogP contribution in [0.25, 0.3) is 0 Å². The minimum atomic E-state index is -0.0940. The van der Waals surface area contributed by atoms with E-state index in [0.717, 1.165) is 26.1 Å². The molecule has 0 aromatic heterocycles. The van der Waals surface area contributed by atoms with Crippen molar-refractivity contribution in [1.82, 2.24) is 4.90 Å². The summed E-state index contributed by atoms with van der Waals surface area (Å²) in [6.07, 6.45) is 1.23. The van der Waals surface area contributed by atoms with E-state index in [0.29, 0.717) is 6.04 Å². The summed E-state index contributed by atoms with van der Waals surface area (Å²) in [5.74, 6) is 0. The summed E-state index contributed by atoms with van der Waals surface area (Å²) in [7, 11) is 0. The highest BCUT2D eigenvalue weighted by Crippen LogP contribution is 2.40. The predicted molar refractivity (Wildman–Crippen MR) is 72.6 cm³/mol. The minimum Gasteiger partial charge on any atom is -0.374 e. The molecule has 3 atom stereocenters. The van der Waals surface area contributed by atoms with Gasteiger partial charge in [0.15, 0.2) is 0 Å². The SMILES string of the molecule is CC(N)C1CN(C2CC(C)(C)OC2(C)C)CCO1. The Labute approximate surface area is 111 Å². The average molecular weight is 256 g/mol. The molecule has 0 saturated carbocycles. The van der Waals surface area contributed by atoms with E-state index < -0.39 is 0 Å². The van der Waals surface area contributed by atoms with E-state index in [1.807, 2.05) is 6.92 Å². The molecular weight excluding hydrogens is 228 g/mol. The molecule has 0 aromatic carbocycles. The van der Waals surface area contributed by atoms with Crippen LogP contribution in [-0.4, -0.2) is 54.0 Å². The van der Waals surface area contributed by atoms with Crippen molar-refractivity contribution < 1.29 is 9.47 Å². The Hall–Kier alpha value is -0.160. The molecule has 0 radical (unpaired) electrons. The Morgan fingerprint density at radius 3 is 2.44 bits per heavy atom. The number of hydrogen-bond donors (Lipinski definition) is 1. The molecule has 2 saturated heterocycles. The van der Waals surface area contributed by atoms with E-state index in [2.05, 4.69) is 32.6 Å². The second kappa shape index (κ2) is 4.75. The van der Waals surface area contributed by atoms with Crippen LogP contribution < -0.4 is 5.73 Å². The second-order valence-electron chi connectivity index (χ2n) is 6.95. The summed E-state index contributed by atoms with van der Waals surface area (Å²) < 4.78 is 11.9. The zero-order valence-electron chi connectivity index (χ0n) is 12.4. The molecule has 4 nitrogen and oxygen atoms in total. The van der Waals surface area contributed by atoms with Gasteiger partial charge in [-0.25, -0.2) is 0 Å². The van der Waals surface area contributed by atoms with Crippen molar-refractivity contribution in [3.8, 4) is 0 Å². The van der Waals surface area contributed by atoms with Crippen LogP contribution in [0.2, 0.25) is 0 Å². The minimum absolute atomic E-state index is 0.0315. The van der Waals surface area contributed by atoms with Gasteiger partial charge in [-0.3, -0.25) is 4.90 Å². The van der Waals surface area contributed by atoms with E-state index in [9.17, 15) is 0 Å². The fourth-order valence-corrected chi connectivity index (χ4v) is 3.40. The van der Waals surface area contributed by atoms with Gasteiger partial charge in [0.2, 0.25) is 0 Å². The highest BCUT2D eigenvalue weighted by molar-refractivity contribution is 5.01. The number of rotatable bonds is 2. The Morgan fingerprint density at radius 2 is 1.94 bits per heavy atom. The average Bonchev–Trinajstić information content (AvgIpc) is 2.47. The maximum atomic E-state index is 6.18. The van der Waals surface area contributed by atoms with Crippen molar-refractivity contribution in [3.63, 3.8) is 0 Å². The molecule has 18 heavy (non-hydrogen) atoms. The van der Waals surface area contributed by atoms with Crippen LogP contribution in [0, 0.1) is 0 Å². The number of nitrogens with two attached hydrogens (primary N) is 1. The summed E-state index contributed by atoms with van der Waals surface area (Å²) >= 11 is 0. The molecule has 2 aliphatic heterocycles. The lowest BCUT2D eigenvalue weighted by Gasteiger charge is -2.42. The fourth-order valence-electron chi connectivity index (χ4n) is 3.40. The monoisotopic (exact) mass is 256 g/mol. The molecule has 0 spiro atoms. The van der Waals surface area contributed by atoms with Gasteiger partial charge in [0.25, 0.3) is 0 Å². The first-order valence-electron chi connectivity index (χ1n) is 7.03. The zero-order valence-corrected chi connectivity index (χ0v) is 12.4. The Morgan fingerprint density at radius 1 is 1.28 bits per heavy atom. The topological polar surface area (TPSA) is 47.7 Å². The van der Waals surface area contributed by atoms with Crippen molar-refractivity contribution in [2.45, 2.75) is 70.4 Å². The molecule has 3 unspecified atom stereocenters. The van der Waals surface area contributed by atoms with Gasteiger partial charge in [0.05, 0.1) is 23.9 Å². The fraction of sp³-hybridized carbons (Fsp3) is 1.00. The van der Waals surface area contributed by atoms with Crippen LogP contribution in [-0.2, 0) is 9.47 Å². The summed E-state index contributed by atoms with van der Waals surface area (Å²) in [6, 6.07) is 0.545. The summed E-state index contributed by atoms with van der Waals surface area (Å²) in [4.78, 5) is 2.51. The largest absolute Gasteiger partial charge is 0.374 e. The quantitative estimate of drug-likeness (QED) is 0.811. The Kier molecular flexibility index (Phi) is 3.76. The molecule has 0 amide bonds. The molecule has 2 rings (SSSR count). The normalized spacial score (nSPS) is 37.7. The van der Waals surface area contributed by atoms with Gasteiger partial charge in [-0.05, 0) is 41.0 Å². The summed E-state index contributed by atoms with van der Waals surface area (Å²) in [5.41, 5.74) is 5.84. The number of hydrogen-bond acceptors (Lipinski definition) is 4. The maximum Gasteiger partial charge on any atom is 0.0850 e. The first-order valence-corrected chi connectivity index (χ1v) is 7.03. The third kappa shape index (κ3) is 2.87. The van der Waals surface area contributed by atoms with Crippen molar-refractivity contribution in [2.75, 3.05) is 19.7 Å². The highest BCUT2D eigenvalue weighted by atomic mass is 16.5. The zero-order chi connectivity index (χ0) is 13.6. The predicted octanol–water partition coefficient (Wildman–Crippen LogP) is 1.38. The first kappa shape index (κ1) is 14.3.